The van der Waals surface area contributed by atoms with E-state index in [4.69, 9.17) is 0 Å². The fourth-order valence-corrected chi connectivity index (χ4v) is 2.33. The van der Waals surface area contributed by atoms with E-state index in [0.29, 0.717) is 17.5 Å². The van der Waals surface area contributed by atoms with Crippen LogP contribution >= 0.6 is 0 Å². The Morgan fingerprint density at radius 2 is 1.60 bits per heavy atom. The van der Waals surface area contributed by atoms with Crippen LogP contribution in [0.3, 0.4) is 0 Å². The minimum Gasteiger partial charge on any atom is -0.368 e. The summed E-state index contributed by atoms with van der Waals surface area (Å²) < 4.78 is 27.0. The van der Waals surface area contributed by atoms with E-state index in [0.717, 1.165) is 11.6 Å². The summed E-state index contributed by atoms with van der Waals surface area (Å²) in [5.41, 5.74) is 0.993. The Hall–Kier alpha value is -3.02. The van der Waals surface area contributed by atoms with Crippen LogP contribution in [-0.2, 0) is 0 Å². The number of benzene rings is 2. The van der Waals surface area contributed by atoms with Crippen molar-refractivity contribution in [1.82, 2.24) is 9.97 Å². The largest absolute Gasteiger partial charge is 0.368 e. The van der Waals surface area contributed by atoms with Crippen LogP contribution in [0.25, 0.3) is 11.4 Å². The molecule has 0 bridgehead atoms. The number of hydrogen-bond acceptors (Lipinski definition) is 4. The van der Waals surface area contributed by atoms with E-state index in [-0.39, 0.29) is 11.7 Å². The van der Waals surface area contributed by atoms with Gasteiger partial charge in [0, 0.05) is 23.7 Å². The molecule has 0 aliphatic heterocycles. The zero-order chi connectivity index (χ0) is 17.8. The molecule has 2 N–H and O–H groups in total. The van der Waals surface area contributed by atoms with Crippen LogP contribution in [0.15, 0.2) is 54.6 Å². The molecule has 6 heteroatoms. The summed E-state index contributed by atoms with van der Waals surface area (Å²) in [6.07, 6.45) is 0. The molecule has 4 nitrogen and oxygen atoms in total. The smallest absolute Gasteiger partial charge is 0.163 e. The van der Waals surface area contributed by atoms with Crippen LogP contribution in [0.1, 0.15) is 13.8 Å². The van der Waals surface area contributed by atoms with Crippen LogP contribution < -0.4 is 10.6 Å². The fraction of sp³-hybridized carbons (Fsp3) is 0.158. The molecule has 0 atom stereocenters. The summed E-state index contributed by atoms with van der Waals surface area (Å²) in [7, 11) is 0. The lowest BCUT2D eigenvalue weighted by Crippen LogP contribution is -2.12. The van der Waals surface area contributed by atoms with Gasteiger partial charge in [0.15, 0.2) is 5.82 Å². The van der Waals surface area contributed by atoms with Crippen molar-refractivity contribution in [3.05, 3.63) is 66.2 Å². The molecule has 25 heavy (non-hydrogen) atoms. The molecular weight excluding hydrogens is 322 g/mol. The summed E-state index contributed by atoms with van der Waals surface area (Å²) in [6.45, 7) is 3.99. The Morgan fingerprint density at radius 1 is 0.880 bits per heavy atom. The maximum absolute atomic E-state index is 13.9. The molecule has 0 spiro atoms. The Balaban J connectivity index is 2.00. The third-order valence-corrected chi connectivity index (χ3v) is 3.39. The SMILES string of the molecule is CC(C)Nc1cc(Nc2ccc(F)cc2F)nc(-c2ccccc2)n1. The zero-order valence-electron chi connectivity index (χ0n) is 13.9. The van der Waals surface area contributed by atoms with Crippen molar-refractivity contribution in [3.63, 3.8) is 0 Å². The van der Waals surface area contributed by atoms with Gasteiger partial charge in [0.05, 0.1) is 5.69 Å². The highest BCUT2D eigenvalue weighted by Crippen LogP contribution is 2.24. The van der Waals surface area contributed by atoms with Gasteiger partial charge in [0.2, 0.25) is 0 Å². The van der Waals surface area contributed by atoms with E-state index in [1.807, 2.05) is 44.2 Å². The van der Waals surface area contributed by atoms with Gasteiger partial charge in [0.1, 0.15) is 23.3 Å². The summed E-state index contributed by atoms with van der Waals surface area (Å²) >= 11 is 0. The van der Waals surface area contributed by atoms with E-state index in [1.54, 1.807) is 6.07 Å². The number of rotatable bonds is 5. The minimum absolute atomic E-state index is 0.148. The van der Waals surface area contributed by atoms with E-state index >= 15 is 0 Å². The van der Waals surface area contributed by atoms with E-state index < -0.39 is 11.6 Å². The lowest BCUT2D eigenvalue weighted by Gasteiger charge is -2.13. The van der Waals surface area contributed by atoms with E-state index in [9.17, 15) is 8.78 Å². The first-order valence-corrected chi connectivity index (χ1v) is 7.94. The van der Waals surface area contributed by atoms with Crippen LogP contribution in [0, 0.1) is 11.6 Å². The summed E-state index contributed by atoms with van der Waals surface area (Å²) in [5, 5.41) is 6.11. The molecule has 2 aromatic carbocycles. The molecule has 0 saturated heterocycles. The fourth-order valence-electron chi connectivity index (χ4n) is 2.33. The van der Waals surface area contributed by atoms with Gasteiger partial charge in [-0.2, -0.15) is 0 Å². The maximum Gasteiger partial charge on any atom is 0.163 e. The summed E-state index contributed by atoms with van der Waals surface area (Å²) in [5.74, 6) is 0.240. The highest BCUT2D eigenvalue weighted by atomic mass is 19.1. The first-order valence-electron chi connectivity index (χ1n) is 7.94. The molecule has 0 saturated carbocycles. The van der Waals surface area contributed by atoms with Gasteiger partial charge in [0.25, 0.3) is 0 Å². The molecular formula is C19H18F2N4. The molecule has 3 rings (SSSR count). The second-order valence-electron chi connectivity index (χ2n) is 5.88. The Bertz CT molecular complexity index is 867. The van der Waals surface area contributed by atoms with Gasteiger partial charge in [-0.3, -0.25) is 0 Å². The molecule has 0 fully saturated rings. The molecule has 0 radical (unpaired) electrons. The lowest BCUT2D eigenvalue weighted by molar-refractivity contribution is 0.586. The summed E-state index contributed by atoms with van der Waals surface area (Å²) in [6, 6.07) is 14.7. The second kappa shape index (κ2) is 7.25. The zero-order valence-corrected chi connectivity index (χ0v) is 13.9. The average Bonchev–Trinajstić information content (AvgIpc) is 2.57. The number of nitrogens with one attached hydrogen (secondary N) is 2. The number of nitrogens with zero attached hydrogens (tertiary/aromatic N) is 2. The molecule has 0 amide bonds. The van der Waals surface area contributed by atoms with Crippen molar-refractivity contribution in [1.29, 1.82) is 0 Å². The van der Waals surface area contributed by atoms with Crippen LogP contribution in [0.5, 0.6) is 0 Å². The van der Waals surface area contributed by atoms with Gasteiger partial charge >= 0.3 is 0 Å². The minimum atomic E-state index is -0.682. The van der Waals surface area contributed by atoms with Crippen molar-refractivity contribution in [2.24, 2.45) is 0 Å². The number of anilines is 3. The first kappa shape index (κ1) is 16.8. The number of halogens is 2. The predicted octanol–water partition coefficient (Wildman–Crippen LogP) is 4.99. The van der Waals surface area contributed by atoms with Crippen LogP contribution in [0.4, 0.5) is 26.1 Å². The Kier molecular flexibility index (Phi) is 4.88. The third-order valence-electron chi connectivity index (χ3n) is 3.39. The maximum atomic E-state index is 13.9. The van der Waals surface area contributed by atoms with Crippen LogP contribution in [0.2, 0.25) is 0 Å². The predicted molar refractivity (Wildman–Crippen MR) is 95.9 cm³/mol. The van der Waals surface area contributed by atoms with Crippen molar-refractivity contribution in [3.8, 4) is 11.4 Å². The molecule has 0 aliphatic rings. The highest BCUT2D eigenvalue weighted by molar-refractivity contribution is 5.65. The second-order valence-corrected chi connectivity index (χ2v) is 5.88. The molecule has 0 unspecified atom stereocenters. The van der Waals surface area contributed by atoms with Crippen molar-refractivity contribution >= 4 is 17.3 Å². The van der Waals surface area contributed by atoms with Crippen molar-refractivity contribution < 1.29 is 8.78 Å². The van der Waals surface area contributed by atoms with E-state index in [1.165, 1.54) is 12.1 Å². The van der Waals surface area contributed by atoms with Gasteiger partial charge in [-0.25, -0.2) is 18.7 Å². The highest BCUT2D eigenvalue weighted by Gasteiger charge is 2.10. The normalized spacial score (nSPS) is 10.8. The first-order chi connectivity index (χ1) is 12.0. The van der Waals surface area contributed by atoms with Crippen LogP contribution in [-0.4, -0.2) is 16.0 Å². The van der Waals surface area contributed by atoms with E-state index in [2.05, 4.69) is 20.6 Å². The molecule has 3 aromatic rings. The lowest BCUT2D eigenvalue weighted by atomic mass is 10.2. The van der Waals surface area contributed by atoms with Gasteiger partial charge in [-0.1, -0.05) is 30.3 Å². The Labute approximate surface area is 145 Å². The molecule has 0 aliphatic carbocycles. The molecule has 1 heterocycles. The number of hydrogen-bond donors (Lipinski definition) is 2. The van der Waals surface area contributed by atoms with Crippen molar-refractivity contribution in [2.75, 3.05) is 10.6 Å². The molecule has 1 aromatic heterocycles. The van der Waals surface area contributed by atoms with Gasteiger partial charge in [-0.05, 0) is 26.0 Å². The molecule has 128 valence electrons. The Morgan fingerprint density at radius 3 is 2.28 bits per heavy atom. The van der Waals surface area contributed by atoms with Gasteiger partial charge in [-0.15, -0.1) is 0 Å². The quantitative estimate of drug-likeness (QED) is 0.687. The number of aromatic nitrogens is 2. The summed E-state index contributed by atoms with van der Waals surface area (Å²) in [4.78, 5) is 8.95. The average molecular weight is 340 g/mol. The van der Waals surface area contributed by atoms with Crippen molar-refractivity contribution in [2.45, 2.75) is 19.9 Å². The standard InChI is InChI=1S/C19H18F2N4/c1-12(2)22-17-11-18(23-16-9-8-14(20)10-15(16)21)25-19(24-17)13-6-4-3-5-7-13/h3-12H,1-2H3,(H2,22,23,24,25). The topological polar surface area (TPSA) is 49.8 Å². The van der Waals surface area contributed by atoms with Gasteiger partial charge < -0.3 is 10.6 Å². The third kappa shape index (κ3) is 4.29. The monoisotopic (exact) mass is 340 g/mol.